The number of carbonyl (C=O) groups excluding carboxylic acids is 1. The number of rotatable bonds is 8. The maximum Gasteiger partial charge on any atom is 0.230 e. The maximum atomic E-state index is 11.5. The molecule has 0 aromatic heterocycles. The monoisotopic (exact) mass is 286 g/mol. The summed E-state index contributed by atoms with van der Waals surface area (Å²) in [5.41, 5.74) is 1.15. The Bertz CT molecular complexity index is 374. The van der Waals surface area contributed by atoms with Gasteiger partial charge < -0.3 is 10.6 Å². The normalized spacial score (nSPS) is 10.3. The van der Waals surface area contributed by atoms with E-state index in [9.17, 15) is 4.79 Å². The third-order valence-electron chi connectivity index (χ3n) is 2.32. The van der Waals surface area contributed by atoms with Crippen molar-refractivity contribution in [1.29, 1.82) is 0 Å². The van der Waals surface area contributed by atoms with Crippen LogP contribution in [-0.2, 0) is 10.5 Å². The van der Waals surface area contributed by atoms with Crippen molar-refractivity contribution in [1.82, 2.24) is 10.6 Å². The number of halogens is 1. The van der Waals surface area contributed by atoms with Crippen molar-refractivity contribution in [3.8, 4) is 0 Å². The topological polar surface area (TPSA) is 41.1 Å². The number of hydrogen-bond acceptors (Lipinski definition) is 3. The Kier molecular flexibility index (Phi) is 7.89. The molecule has 0 saturated carbocycles. The van der Waals surface area contributed by atoms with Gasteiger partial charge in [-0.15, -0.1) is 11.8 Å². The molecule has 100 valence electrons. The van der Waals surface area contributed by atoms with E-state index in [0.717, 1.165) is 35.8 Å². The van der Waals surface area contributed by atoms with E-state index in [0.29, 0.717) is 5.75 Å². The molecule has 2 N–H and O–H groups in total. The molecule has 18 heavy (non-hydrogen) atoms. The van der Waals surface area contributed by atoms with Gasteiger partial charge in [0.15, 0.2) is 0 Å². The molecule has 0 unspecified atom stereocenters. The second kappa shape index (κ2) is 9.25. The van der Waals surface area contributed by atoms with Gasteiger partial charge in [-0.3, -0.25) is 4.79 Å². The SMILES string of the molecule is CNCCCNC(=O)CSCc1cccc(Cl)c1. The Morgan fingerprint density at radius 1 is 1.39 bits per heavy atom. The Balaban J connectivity index is 2.12. The summed E-state index contributed by atoms with van der Waals surface area (Å²) in [4.78, 5) is 11.5. The van der Waals surface area contributed by atoms with Crippen molar-refractivity contribution >= 4 is 29.3 Å². The first-order valence-corrected chi connectivity index (χ1v) is 7.49. The minimum Gasteiger partial charge on any atom is -0.355 e. The van der Waals surface area contributed by atoms with Crippen LogP contribution in [0.2, 0.25) is 5.02 Å². The highest BCUT2D eigenvalue weighted by Gasteiger charge is 2.01. The highest BCUT2D eigenvalue weighted by molar-refractivity contribution is 7.99. The largest absolute Gasteiger partial charge is 0.355 e. The second-order valence-electron chi connectivity index (χ2n) is 3.93. The molecule has 0 spiro atoms. The number of amides is 1. The molecule has 1 rings (SSSR count). The summed E-state index contributed by atoms with van der Waals surface area (Å²) in [7, 11) is 1.91. The Labute approximate surface area is 118 Å². The fraction of sp³-hybridized carbons (Fsp3) is 0.462. The zero-order valence-corrected chi connectivity index (χ0v) is 12.1. The lowest BCUT2D eigenvalue weighted by molar-refractivity contribution is -0.118. The van der Waals surface area contributed by atoms with Gasteiger partial charge in [0.25, 0.3) is 0 Å². The molecule has 0 fully saturated rings. The zero-order chi connectivity index (χ0) is 13.2. The number of nitrogens with one attached hydrogen (secondary N) is 2. The summed E-state index contributed by atoms with van der Waals surface area (Å²) in [6.45, 7) is 1.66. The molecule has 0 bridgehead atoms. The fourth-order valence-corrected chi connectivity index (χ4v) is 2.45. The Morgan fingerprint density at radius 2 is 2.22 bits per heavy atom. The molecule has 0 aliphatic heterocycles. The highest BCUT2D eigenvalue weighted by atomic mass is 35.5. The van der Waals surface area contributed by atoms with E-state index in [4.69, 9.17) is 11.6 Å². The summed E-state index contributed by atoms with van der Waals surface area (Å²) in [5.74, 6) is 1.40. The minimum absolute atomic E-state index is 0.0955. The summed E-state index contributed by atoms with van der Waals surface area (Å²) < 4.78 is 0. The van der Waals surface area contributed by atoms with Gasteiger partial charge in [0.1, 0.15) is 0 Å². The van der Waals surface area contributed by atoms with Crippen LogP contribution in [0.4, 0.5) is 0 Å². The van der Waals surface area contributed by atoms with E-state index >= 15 is 0 Å². The van der Waals surface area contributed by atoms with Crippen LogP contribution >= 0.6 is 23.4 Å². The van der Waals surface area contributed by atoms with Gasteiger partial charge in [-0.25, -0.2) is 0 Å². The van der Waals surface area contributed by atoms with Crippen molar-refractivity contribution in [2.45, 2.75) is 12.2 Å². The molecule has 1 aromatic carbocycles. The molecule has 0 heterocycles. The van der Waals surface area contributed by atoms with Crippen LogP contribution < -0.4 is 10.6 Å². The first kappa shape index (κ1) is 15.3. The summed E-state index contributed by atoms with van der Waals surface area (Å²) in [6, 6.07) is 7.73. The first-order valence-electron chi connectivity index (χ1n) is 5.96. The van der Waals surface area contributed by atoms with Gasteiger partial charge in [-0.05, 0) is 37.7 Å². The van der Waals surface area contributed by atoms with Crippen LogP contribution in [0.25, 0.3) is 0 Å². The van der Waals surface area contributed by atoms with Gasteiger partial charge in [-0.1, -0.05) is 23.7 Å². The van der Waals surface area contributed by atoms with Crippen molar-refractivity contribution in [3.63, 3.8) is 0 Å². The Morgan fingerprint density at radius 3 is 2.94 bits per heavy atom. The average Bonchev–Trinajstić information content (AvgIpc) is 2.35. The average molecular weight is 287 g/mol. The van der Waals surface area contributed by atoms with Crippen LogP contribution in [0.3, 0.4) is 0 Å². The van der Waals surface area contributed by atoms with Gasteiger partial charge in [0.05, 0.1) is 5.75 Å². The van der Waals surface area contributed by atoms with Crippen LogP contribution in [0.1, 0.15) is 12.0 Å². The van der Waals surface area contributed by atoms with Crippen molar-refractivity contribution in [3.05, 3.63) is 34.9 Å². The summed E-state index contributed by atoms with van der Waals surface area (Å²) in [5, 5.41) is 6.67. The highest BCUT2D eigenvalue weighted by Crippen LogP contribution is 2.16. The van der Waals surface area contributed by atoms with Gasteiger partial charge in [0, 0.05) is 17.3 Å². The Hall–Kier alpha value is -0.710. The van der Waals surface area contributed by atoms with E-state index in [1.54, 1.807) is 11.8 Å². The molecule has 5 heteroatoms. The smallest absolute Gasteiger partial charge is 0.230 e. The number of thioether (sulfide) groups is 1. The molecule has 0 radical (unpaired) electrons. The van der Waals surface area contributed by atoms with Crippen molar-refractivity contribution in [2.75, 3.05) is 25.9 Å². The van der Waals surface area contributed by atoms with Crippen LogP contribution in [0.5, 0.6) is 0 Å². The molecule has 3 nitrogen and oxygen atoms in total. The van der Waals surface area contributed by atoms with Crippen LogP contribution in [-0.4, -0.2) is 31.8 Å². The van der Waals surface area contributed by atoms with Crippen LogP contribution in [0.15, 0.2) is 24.3 Å². The van der Waals surface area contributed by atoms with Gasteiger partial charge in [0.2, 0.25) is 5.91 Å². The molecule has 0 aliphatic carbocycles. The molecular weight excluding hydrogens is 268 g/mol. The quantitative estimate of drug-likeness (QED) is 0.721. The minimum atomic E-state index is 0.0955. The first-order chi connectivity index (χ1) is 8.72. The van der Waals surface area contributed by atoms with E-state index in [1.165, 1.54) is 0 Å². The summed E-state index contributed by atoms with van der Waals surface area (Å²) in [6.07, 6.45) is 0.960. The van der Waals surface area contributed by atoms with E-state index in [2.05, 4.69) is 10.6 Å². The predicted octanol–water partition coefficient (Wildman–Crippen LogP) is 2.30. The lowest BCUT2D eigenvalue weighted by atomic mass is 10.2. The molecule has 0 atom stereocenters. The second-order valence-corrected chi connectivity index (χ2v) is 5.35. The van der Waals surface area contributed by atoms with Gasteiger partial charge in [-0.2, -0.15) is 0 Å². The third-order valence-corrected chi connectivity index (χ3v) is 3.56. The summed E-state index contributed by atoms with van der Waals surface area (Å²) >= 11 is 7.49. The van der Waals surface area contributed by atoms with E-state index in [-0.39, 0.29) is 5.91 Å². The lowest BCUT2D eigenvalue weighted by Crippen LogP contribution is -2.28. The fourth-order valence-electron chi connectivity index (χ4n) is 1.43. The molecule has 1 aromatic rings. The number of carbonyl (C=O) groups is 1. The maximum absolute atomic E-state index is 11.5. The van der Waals surface area contributed by atoms with Crippen molar-refractivity contribution in [2.24, 2.45) is 0 Å². The van der Waals surface area contributed by atoms with Crippen molar-refractivity contribution < 1.29 is 4.79 Å². The molecular formula is C13H19ClN2OS. The number of hydrogen-bond donors (Lipinski definition) is 2. The molecule has 0 saturated heterocycles. The lowest BCUT2D eigenvalue weighted by Gasteiger charge is -2.05. The standard InChI is InChI=1S/C13H19ClN2OS/c1-15-6-3-7-16-13(17)10-18-9-11-4-2-5-12(14)8-11/h2,4-5,8,15H,3,6-7,9-10H2,1H3,(H,16,17). The molecule has 0 aliphatic rings. The zero-order valence-electron chi connectivity index (χ0n) is 10.5. The van der Waals surface area contributed by atoms with Crippen LogP contribution in [0, 0.1) is 0 Å². The number of benzene rings is 1. The van der Waals surface area contributed by atoms with E-state index in [1.807, 2.05) is 31.3 Å². The van der Waals surface area contributed by atoms with Gasteiger partial charge >= 0.3 is 0 Å². The predicted molar refractivity (Wildman–Crippen MR) is 79.2 cm³/mol. The molecule has 1 amide bonds. The van der Waals surface area contributed by atoms with E-state index < -0.39 is 0 Å². The third kappa shape index (κ3) is 6.89.